The number of rotatable bonds is 4. The minimum atomic E-state index is -0.423. The molecule has 1 aromatic carbocycles. The normalized spacial score (nSPS) is 11.1. The number of nitrogens with one attached hydrogen (secondary N) is 2. The number of aromatic amines is 1. The zero-order chi connectivity index (χ0) is 17.1. The van der Waals surface area contributed by atoms with Gasteiger partial charge in [-0.25, -0.2) is 5.43 Å². The Hall–Kier alpha value is -2.87. The Kier molecular flexibility index (Phi) is 4.48. The molecule has 3 N–H and O–H groups in total. The third-order valence-electron chi connectivity index (χ3n) is 3.39. The molecule has 0 aliphatic rings. The highest BCUT2D eigenvalue weighted by Crippen LogP contribution is 2.20. The van der Waals surface area contributed by atoms with Crippen molar-refractivity contribution < 1.29 is 9.90 Å². The first-order valence-electron chi connectivity index (χ1n) is 7.03. The van der Waals surface area contributed by atoms with Gasteiger partial charge in [0.25, 0.3) is 5.91 Å². The summed E-state index contributed by atoms with van der Waals surface area (Å²) in [5, 5.41) is 20.4. The number of hydrazone groups is 1. The molecule has 122 valence electrons. The number of aryl methyl sites for hydroxylation is 1. The van der Waals surface area contributed by atoms with Crippen LogP contribution in [-0.2, 0) is 7.05 Å². The lowest BCUT2D eigenvalue weighted by molar-refractivity contribution is 0.0950. The van der Waals surface area contributed by atoms with Crippen LogP contribution in [0.1, 0.15) is 16.1 Å². The molecule has 0 saturated carbocycles. The highest BCUT2D eigenvalue weighted by molar-refractivity contribution is 9.10. The average molecular weight is 388 g/mol. The maximum Gasteiger partial charge on any atom is 0.289 e. The van der Waals surface area contributed by atoms with Crippen molar-refractivity contribution in [3.05, 3.63) is 58.3 Å². The van der Waals surface area contributed by atoms with Gasteiger partial charge >= 0.3 is 0 Å². The largest absolute Gasteiger partial charge is 0.507 e. The fraction of sp³-hybridized carbons (Fsp3) is 0.0625. The van der Waals surface area contributed by atoms with Crippen molar-refractivity contribution in [2.24, 2.45) is 12.1 Å². The maximum atomic E-state index is 12.1. The molecule has 0 aliphatic heterocycles. The van der Waals surface area contributed by atoms with Crippen LogP contribution in [-0.4, -0.2) is 32.0 Å². The van der Waals surface area contributed by atoms with Crippen LogP contribution in [0.5, 0.6) is 5.75 Å². The Balaban J connectivity index is 1.70. The highest BCUT2D eigenvalue weighted by atomic mass is 79.9. The van der Waals surface area contributed by atoms with E-state index in [1.54, 1.807) is 18.2 Å². The minimum Gasteiger partial charge on any atom is -0.507 e. The fourth-order valence-corrected chi connectivity index (χ4v) is 2.52. The van der Waals surface area contributed by atoms with Gasteiger partial charge < -0.3 is 9.67 Å². The van der Waals surface area contributed by atoms with E-state index in [1.165, 1.54) is 12.3 Å². The van der Waals surface area contributed by atoms with E-state index < -0.39 is 5.91 Å². The first-order chi connectivity index (χ1) is 11.5. The number of hydrogen-bond acceptors (Lipinski definition) is 4. The first-order valence-corrected chi connectivity index (χ1v) is 7.83. The molecular formula is C16H14BrN5O2. The zero-order valence-electron chi connectivity index (χ0n) is 12.7. The van der Waals surface area contributed by atoms with Crippen LogP contribution in [0.2, 0.25) is 0 Å². The van der Waals surface area contributed by atoms with Gasteiger partial charge in [-0.05, 0) is 36.4 Å². The second-order valence-corrected chi connectivity index (χ2v) is 5.99. The summed E-state index contributed by atoms with van der Waals surface area (Å²) in [6.07, 6.45) is 3.27. The van der Waals surface area contributed by atoms with Crippen molar-refractivity contribution in [1.29, 1.82) is 0 Å². The Morgan fingerprint density at radius 1 is 1.42 bits per heavy atom. The molecule has 0 bridgehead atoms. The lowest BCUT2D eigenvalue weighted by Gasteiger charge is -1.99. The molecule has 0 saturated heterocycles. The van der Waals surface area contributed by atoms with Gasteiger partial charge in [0.2, 0.25) is 0 Å². The van der Waals surface area contributed by atoms with Crippen LogP contribution in [0.25, 0.3) is 11.4 Å². The quantitative estimate of drug-likeness (QED) is 0.474. The van der Waals surface area contributed by atoms with Crippen LogP contribution in [0.3, 0.4) is 0 Å². The minimum absolute atomic E-state index is 0.0729. The van der Waals surface area contributed by atoms with E-state index in [0.717, 1.165) is 10.2 Å². The van der Waals surface area contributed by atoms with Crippen LogP contribution in [0, 0.1) is 0 Å². The lowest BCUT2D eigenvalue weighted by Crippen LogP contribution is -2.18. The van der Waals surface area contributed by atoms with Crippen molar-refractivity contribution in [3.8, 4) is 17.1 Å². The van der Waals surface area contributed by atoms with E-state index in [9.17, 15) is 9.90 Å². The third-order valence-corrected chi connectivity index (χ3v) is 3.88. The number of phenols is 1. The molecule has 0 spiro atoms. The third kappa shape index (κ3) is 3.38. The number of aromatic nitrogens is 3. The molecule has 0 radical (unpaired) electrons. The van der Waals surface area contributed by atoms with E-state index in [0.29, 0.717) is 17.0 Å². The van der Waals surface area contributed by atoms with Gasteiger partial charge in [0, 0.05) is 23.3 Å². The summed E-state index contributed by atoms with van der Waals surface area (Å²) >= 11 is 3.31. The zero-order valence-corrected chi connectivity index (χ0v) is 14.3. The monoisotopic (exact) mass is 387 g/mol. The number of carbonyl (C=O) groups excluding carboxylic acids is 1. The van der Waals surface area contributed by atoms with Crippen LogP contribution >= 0.6 is 15.9 Å². The van der Waals surface area contributed by atoms with Crippen molar-refractivity contribution in [2.75, 3.05) is 0 Å². The fourth-order valence-electron chi connectivity index (χ4n) is 2.15. The predicted octanol–water partition coefficient (Wildman–Crippen LogP) is 2.65. The molecule has 2 heterocycles. The topological polar surface area (TPSA) is 95.3 Å². The summed E-state index contributed by atoms with van der Waals surface area (Å²) in [5.41, 5.74) is 4.74. The molecule has 0 atom stereocenters. The number of benzene rings is 1. The Morgan fingerprint density at radius 3 is 3.00 bits per heavy atom. The Labute approximate surface area is 146 Å². The molecule has 8 heteroatoms. The van der Waals surface area contributed by atoms with E-state index in [4.69, 9.17) is 0 Å². The van der Waals surface area contributed by atoms with Crippen LogP contribution in [0.15, 0.2) is 52.2 Å². The Bertz CT molecular complexity index is 913. The maximum absolute atomic E-state index is 12.1. The summed E-state index contributed by atoms with van der Waals surface area (Å²) in [5.74, 6) is -0.350. The number of halogens is 1. The molecule has 0 unspecified atom stereocenters. The molecule has 2 aromatic heterocycles. The summed E-state index contributed by atoms with van der Waals surface area (Å²) in [4.78, 5) is 12.1. The van der Waals surface area contributed by atoms with Gasteiger partial charge in [-0.3, -0.25) is 9.89 Å². The number of carbonyl (C=O) groups is 1. The standard InChI is InChI=1S/C16H14BrN5O2/c1-22-6-2-3-14(22)12-8-13(20-19-12)16(24)21-18-9-10-7-11(17)4-5-15(10)23/h2-9,23H,1H3,(H,19,20)(H,21,24)/b18-9-. The summed E-state index contributed by atoms with van der Waals surface area (Å²) in [7, 11) is 1.90. The van der Waals surface area contributed by atoms with Crippen LogP contribution < -0.4 is 5.43 Å². The summed E-state index contributed by atoms with van der Waals surface area (Å²) in [6, 6.07) is 10.4. The number of aromatic hydroxyl groups is 1. The summed E-state index contributed by atoms with van der Waals surface area (Å²) < 4.78 is 2.71. The number of phenolic OH excluding ortho intramolecular Hbond substituents is 1. The predicted molar refractivity (Wildman–Crippen MR) is 93.9 cm³/mol. The van der Waals surface area contributed by atoms with Crippen molar-refractivity contribution in [2.45, 2.75) is 0 Å². The second kappa shape index (κ2) is 6.71. The molecule has 0 aliphatic carbocycles. The van der Waals surface area contributed by atoms with E-state index in [-0.39, 0.29) is 5.75 Å². The number of nitrogens with zero attached hydrogens (tertiary/aromatic N) is 3. The van der Waals surface area contributed by atoms with Gasteiger partial charge in [0.05, 0.1) is 11.9 Å². The smallest absolute Gasteiger partial charge is 0.289 e. The molecule has 7 nitrogen and oxygen atoms in total. The molecule has 0 fully saturated rings. The molecule has 3 aromatic rings. The SMILES string of the molecule is Cn1cccc1-c1cc(C(=O)N/N=C\c2cc(Br)ccc2O)[nH]n1. The molecular weight excluding hydrogens is 374 g/mol. The molecule has 1 amide bonds. The highest BCUT2D eigenvalue weighted by Gasteiger charge is 2.11. The Morgan fingerprint density at radius 2 is 2.25 bits per heavy atom. The van der Waals surface area contributed by atoms with Gasteiger partial charge in [-0.15, -0.1) is 0 Å². The number of amides is 1. The van der Waals surface area contributed by atoms with E-state index in [1.807, 2.05) is 29.9 Å². The molecule has 24 heavy (non-hydrogen) atoms. The van der Waals surface area contributed by atoms with Crippen LogP contribution in [0.4, 0.5) is 0 Å². The van der Waals surface area contributed by atoms with E-state index in [2.05, 4.69) is 36.7 Å². The van der Waals surface area contributed by atoms with Gasteiger partial charge in [0.1, 0.15) is 17.1 Å². The van der Waals surface area contributed by atoms with E-state index >= 15 is 0 Å². The first kappa shape index (κ1) is 16.0. The summed E-state index contributed by atoms with van der Waals surface area (Å²) in [6.45, 7) is 0. The van der Waals surface area contributed by atoms with Crippen molar-refractivity contribution in [3.63, 3.8) is 0 Å². The number of H-pyrrole nitrogens is 1. The average Bonchev–Trinajstić information content (AvgIpc) is 3.19. The van der Waals surface area contributed by atoms with Crippen molar-refractivity contribution in [1.82, 2.24) is 20.2 Å². The second-order valence-electron chi connectivity index (χ2n) is 5.07. The van der Waals surface area contributed by atoms with Gasteiger partial charge in [-0.2, -0.15) is 10.2 Å². The van der Waals surface area contributed by atoms with Gasteiger partial charge in [0.15, 0.2) is 0 Å². The molecule has 3 rings (SSSR count). The van der Waals surface area contributed by atoms with Gasteiger partial charge in [-0.1, -0.05) is 15.9 Å². The lowest BCUT2D eigenvalue weighted by atomic mass is 10.2. The van der Waals surface area contributed by atoms with Crippen molar-refractivity contribution >= 4 is 28.1 Å². The number of hydrogen-bond donors (Lipinski definition) is 3.